The minimum Gasteiger partial charge on any atom is -0.377 e. The minimum atomic E-state index is 0. The number of likely N-dealkylation sites (tertiary alicyclic amines) is 1. The van der Waals surface area contributed by atoms with E-state index in [-0.39, 0.29) is 30.1 Å². The first kappa shape index (κ1) is 16.0. The highest BCUT2D eigenvalue weighted by Crippen LogP contribution is 2.07. The summed E-state index contributed by atoms with van der Waals surface area (Å²) >= 11 is 0. The summed E-state index contributed by atoms with van der Waals surface area (Å²) in [6.45, 7) is 7.49. The molecule has 1 saturated heterocycles. The SMILES string of the molecule is CC(C)OCCN=C(N)N1CCCCC1.I. The van der Waals surface area contributed by atoms with Gasteiger partial charge in [0.1, 0.15) is 0 Å². The number of hydrogen-bond donors (Lipinski definition) is 1. The third-order valence-corrected chi connectivity index (χ3v) is 2.50. The first-order valence-electron chi connectivity index (χ1n) is 5.86. The summed E-state index contributed by atoms with van der Waals surface area (Å²) in [6.07, 6.45) is 4.06. The van der Waals surface area contributed by atoms with Crippen molar-refractivity contribution in [3.8, 4) is 0 Å². The van der Waals surface area contributed by atoms with E-state index in [0.717, 1.165) is 13.1 Å². The van der Waals surface area contributed by atoms with Crippen LogP contribution in [0, 0.1) is 0 Å². The Hall–Kier alpha value is -0.0400. The minimum absolute atomic E-state index is 0. The van der Waals surface area contributed by atoms with Crippen molar-refractivity contribution in [3.63, 3.8) is 0 Å². The van der Waals surface area contributed by atoms with Crippen LogP contribution in [0.1, 0.15) is 33.1 Å². The molecule has 1 aliphatic heterocycles. The van der Waals surface area contributed by atoms with Gasteiger partial charge in [-0.1, -0.05) is 0 Å². The third kappa shape index (κ3) is 6.52. The Bertz CT molecular complexity index is 203. The second-order valence-corrected chi connectivity index (χ2v) is 4.21. The average molecular weight is 341 g/mol. The van der Waals surface area contributed by atoms with E-state index < -0.39 is 0 Å². The maximum Gasteiger partial charge on any atom is 0.191 e. The molecule has 0 aromatic rings. The number of nitrogens with zero attached hydrogens (tertiary/aromatic N) is 2. The predicted molar refractivity (Wildman–Crippen MR) is 78.4 cm³/mol. The van der Waals surface area contributed by atoms with Crippen molar-refractivity contribution in [1.82, 2.24) is 4.90 Å². The van der Waals surface area contributed by atoms with Crippen molar-refractivity contribution >= 4 is 29.9 Å². The highest BCUT2D eigenvalue weighted by molar-refractivity contribution is 14.0. The zero-order chi connectivity index (χ0) is 11.1. The second-order valence-electron chi connectivity index (χ2n) is 4.21. The van der Waals surface area contributed by atoms with E-state index in [4.69, 9.17) is 10.5 Å². The van der Waals surface area contributed by atoms with Crippen molar-refractivity contribution in [2.75, 3.05) is 26.2 Å². The molecule has 0 amide bonds. The van der Waals surface area contributed by atoms with Crippen LogP contribution in [0.3, 0.4) is 0 Å². The number of guanidine groups is 1. The van der Waals surface area contributed by atoms with Gasteiger partial charge in [-0.15, -0.1) is 24.0 Å². The highest BCUT2D eigenvalue weighted by Gasteiger charge is 2.11. The van der Waals surface area contributed by atoms with Gasteiger partial charge >= 0.3 is 0 Å². The van der Waals surface area contributed by atoms with Crippen LogP contribution in [0.5, 0.6) is 0 Å². The van der Waals surface area contributed by atoms with Gasteiger partial charge in [0.05, 0.1) is 19.3 Å². The summed E-state index contributed by atoms with van der Waals surface area (Å²) in [6, 6.07) is 0. The lowest BCUT2D eigenvalue weighted by Crippen LogP contribution is -2.41. The van der Waals surface area contributed by atoms with Crippen LogP contribution in [-0.4, -0.2) is 43.2 Å². The molecule has 0 aromatic heterocycles. The summed E-state index contributed by atoms with van der Waals surface area (Å²) in [7, 11) is 0. The van der Waals surface area contributed by atoms with Gasteiger partial charge in [-0.3, -0.25) is 4.99 Å². The molecule has 0 spiro atoms. The molecular weight excluding hydrogens is 317 g/mol. The molecule has 1 heterocycles. The molecule has 0 aromatic carbocycles. The largest absolute Gasteiger partial charge is 0.377 e. The molecule has 4 nitrogen and oxygen atoms in total. The van der Waals surface area contributed by atoms with Gasteiger partial charge < -0.3 is 15.4 Å². The van der Waals surface area contributed by atoms with Crippen molar-refractivity contribution in [2.45, 2.75) is 39.2 Å². The molecule has 0 radical (unpaired) electrons. The summed E-state index contributed by atoms with van der Waals surface area (Å²) in [5.74, 6) is 0.682. The molecule has 96 valence electrons. The van der Waals surface area contributed by atoms with E-state index in [1.165, 1.54) is 19.3 Å². The fourth-order valence-corrected chi connectivity index (χ4v) is 1.67. The molecule has 1 aliphatic rings. The summed E-state index contributed by atoms with van der Waals surface area (Å²) in [5, 5.41) is 0. The molecular formula is C11H24IN3O. The zero-order valence-electron chi connectivity index (χ0n) is 10.3. The summed E-state index contributed by atoms with van der Waals surface area (Å²) in [4.78, 5) is 6.48. The summed E-state index contributed by atoms with van der Waals surface area (Å²) in [5.41, 5.74) is 5.89. The first-order chi connectivity index (χ1) is 7.20. The topological polar surface area (TPSA) is 50.9 Å². The quantitative estimate of drug-likeness (QED) is 0.367. The number of halogens is 1. The Morgan fingerprint density at radius 1 is 1.31 bits per heavy atom. The van der Waals surface area contributed by atoms with E-state index in [0.29, 0.717) is 19.1 Å². The van der Waals surface area contributed by atoms with Gasteiger partial charge in [-0.2, -0.15) is 0 Å². The lowest BCUT2D eigenvalue weighted by molar-refractivity contribution is 0.0852. The monoisotopic (exact) mass is 341 g/mol. The number of aliphatic imine (C=N–C) groups is 1. The van der Waals surface area contributed by atoms with E-state index in [2.05, 4.69) is 9.89 Å². The lowest BCUT2D eigenvalue weighted by Gasteiger charge is -2.27. The lowest BCUT2D eigenvalue weighted by atomic mass is 10.1. The second kappa shape index (κ2) is 9.04. The Morgan fingerprint density at radius 3 is 2.50 bits per heavy atom. The van der Waals surface area contributed by atoms with Crippen molar-refractivity contribution in [1.29, 1.82) is 0 Å². The van der Waals surface area contributed by atoms with Gasteiger partial charge in [-0.25, -0.2) is 0 Å². The number of nitrogens with two attached hydrogens (primary N) is 1. The number of hydrogen-bond acceptors (Lipinski definition) is 2. The highest BCUT2D eigenvalue weighted by atomic mass is 127. The maximum absolute atomic E-state index is 5.89. The molecule has 1 fully saturated rings. The van der Waals surface area contributed by atoms with Crippen LogP contribution in [0.4, 0.5) is 0 Å². The van der Waals surface area contributed by atoms with Gasteiger partial charge in [-0.05, 0) is 33.1 Å². The van der Waals surface area contributed by atoms with Crippen molar-refractivity contribution in [2.24, 2.45) is 10.7 Å². The van der Waals surface area contributed by atoms with Crippen LogP contribution < -0.4 is 5.73 Å². The van der Waals surface area contributed by atoms with Crippen LogP contribution in [-0.2, 0) is 4.74 Å². The van der Waals surface area contributed by atoms with Crippen LogP contribution in [0.15, 0.2) is 4.99 Å². The van der Waals surface area contributed by atoms with Gasteiger partial charge in [0, 0.05) is 13.1 Å². The molecule has 1 rings (SSSR count). The predicted octanol–water partition coefficient (Wildman–Crippen LogP) is 1.83. The molecule has 0 saturated carbocycles. The van der Waals surface area contributed by atoms with E-state index in [1.54, 1.807) is 0 Å². The Kier molecular flexibility index (Phi) is 9.02. The third-order valence-electron chi connectivity index (χ3n) is 2.50. The van der Waals surface area contributed by atoms with Crippen molar-refractivity contribution < 1.29 is 4.74 Å². The zero-order valence-corrected chi connectivity index (χ0v) is 12.6. The maximum atomic E-state index is 5.89. The van der Waals surface area contributed by atoms with Crippen LogP contribution in [0.25, 0.3) is 0 Å². The molecule has 5 heteroatoms. The van der Waals surface area contributed by atoms with E-state index in [9.17, 15) is 0 Å². The average Bonchev–Trinajstić information content (AvgIpc) is 2.25. The Morgan fingerprint density at radius 2 is 1.94 bits per heavy atom. The van der Waals surface area contributed by atoms with E-state index in [1.807, 2.05) is 13.8 Å². The van der Waals surface area contributed by atoms with Gasteiger partial charge in [0.25, 0.3) is 0 Å². The number of ether oxygens (including phenoxy) is 1. The Labute approximate surface area is 116 Å². The fourth-order valence-electron chi connectivity index (χ4n) is 1.67. The molecule has 0 atom stereocenters. The number of rotatable bonds is 4. The smallest absolute Gasteiger partial charge is 0.191 e. The summed E-state index contributed by atoms with van der Waals surface area (Å²) < 4.78 is 5.40. The Balaban J connectivity index is 0.00000225. The molecule has 0 aliphatic carbocycles. The normalized spacial score (nSPS) is 17.4. The van der Waals surface area contributed by atoms with Crippen molar-refractivity contribution in [3.05, 3.63) is 0 Å². The fraction of sp³-hybridized carbons (Fsp3) is 0.909. The standard InChI is InChI=1S/C11H23N3O.HI/c1-10(2)15-9-6-13-11(12)14-7-4-3-5-8-14;/h10H,3-9H2,1-2H3,(H2,12,13);1H. The number of piperidine rings is 1. The first-order valence-corrected chi connectivity index (χ1v) is 5.86. The van der Waals surface area contributed by atoms with E-state index >= 15 is 0 Å². The van der Waals surface area contributed by atoms with Crippen LogP contribution >= 0.6 is 24.0 Å². The van der Waals surface area contributed by atoms with Crippen LogP contribution in [0.2, 0.25) is 0 Å². The molecule has 0 unspecified atom stereocenters. The van der Waals surface area contributed by atoms with Gasteiger partial charge in [0.15, 0.2) is 5.96 Å². The molecule has 2 N–H and O–H groups in total. The van der Waals surface area contributed by atoms with Gasteiger partial charge in [0.2, 0.25) is 0 Å². The molecule has 16 heavy (non-hydrogen) atoms. The molecule has 0 bridgehead atoms.